The SMILES string of the molecule is CC1CC(=O)N(C(C)C2CCCCC2)C(C)C1C(=O)O. The minimum Gasteiger partial charge on any atom is -0.481 e. The largest absolute Gasteiger partial charge is 0.481 e. The van der Waals surface area contributed by atoms with E-state index >= 15 is 0 Å². The number of aliphatic carboxylic acids is 1. The first-order valence-electron chi connectivity index (χ1n) is 7.97. The zero-order valence-electron chi connectivity index (χ0n) is 12.8. The van der Waals surface area contributed by atoms with Gasteiger partial charge in [0.25, 0.3) is 0 Å². The van der Waals surface area contributed by atoms with E-state index in [1.807, 2.05) is 18.7 Å². The predicted molar refractivity (Wildman–Crippen MR) is 77.3 cm³/mol. The average Bonchev–Trinajstić information content (AvgIpc) is 2.38. The molecule has 1 amide bonds. The highest BCUT2D eigenvalue weighted by atomic mass is 16.4. The van der Waals surface area contributed by atoms with Gasteiger partial charge in [-0.25, -0.2) is 0 Å². The van der Waals surface area contributed by atoms with Crippen LogP contribution in [0, 0.1) is 17.8 Å². The Bertz CT molecular complexity index is 376. The second kappa shape index (κ2) is 6.15. The summed E-state index contributed by atoms with van der Waals surface area (Å²) in [6, 6.07) is -0.0205. The maximum Gasteiger partial charge on any atom is 0.308 e. The van der Waals surface area contributed by atoms with Crippen molar-refractivity contribution in [2.45, 2.75) is 71.4 Å². The van der Waals surface area contributed by atoms with E-state index in [9.17, 15) is 14.7 Å². The first kappa shape index (κ1) is 15.3. The number of hydrogen-bond acceptors (Lipinski definition) is 2. The van der Waals surface area contributed by atoms with Gasteiger partial charge in [-0.2, -0.15) is 0 Å². The molecule has 1 aliphatic heterocycles. The number of carboxylic acids is 1. The lowest BCUT2D eigenvalue weighted by atomic mass is 9.77. The van der Waals surface area contributed by atoms with Gasteiger partial charge in [0, 0.05) is 18.5 Å². The Morgan fingerprint density at radius 3 is 2.40 bits per heavy atom. The highest BCUT2D eigenvalue weighted by Crippen LogP contribution is 2.36. The van der Waals surface area contributed by atoms with Gasteiger partial charge >= 0.3 is 5.97 Å². The Balaban J connectivity index is 2.15. The third kappa shape index (κ3) is 2.84. The molecule has 0 spiro atoms. The summed E-state index contributed by atoms with van der Waals surface area (Å²) in [5, 5.41) is 9.44. The van der Waals surface area contributed by atoms with E-state index in [1.165, 1.54) is 32.1 Å². The van der Waals surface area contributed by atoms with Crippen molar-refractivity contribution in [2.75, 3.05) is 0 Å². The normalized spacial score (nSPS) is 34.0. The van der Waals surface area contributed by atoms with E-state index in [1.54, 1.807) is 0 Å². The van der Waals surface area contributed by atoms with Crippen molar-refractivity contribution >= 4 is 11.9 Å². The molecule has 4 nitrogen and oxygen atoms in total. The quantitative estimate of drug-likeness (QED) is 0.865. The summed E-state index contributed by atoms with van der Waals surface area (Å²) in [4.78, 5) is 25.8. The third-order valence-corrected chi connectivity index (χ3v) is 5.41. The maximum absolute atomic E-state index is 12.4. The summed E-state index contributed by atoms with van der Waals surface area (Å²) in [7, 11) is 0. The molecule has 0 aromatic heterocycles. The summed E-state index contributed by atoms with van der Waals surface area (Å²) in [5.41, 5.74) is 0. The fourth-order valence-corrected chi connectivity index (χ4v) is 4.27. The molecule has 4 atom stereocenters. The smallest absolute Gasteiger partial charge is 0.308 e. The molecule has 20 heavy (non-hydrogen) atoms. The van der Waals surface area contributed by atoms with Crippen molar-refractivity contribution in [1.29, 1.82) is 0 Å². The highest BCUT2D eigenvalue weighted by Gasteiger charge is 2.44. The van der Waals surface area contributed by atoms with Crippen LogP contribution in [0.5, 0.6) is 0 Å². The lowest BCUT2D eigenvalue weighted by Gasteiger charge is -2.46. The molecule has 0 bridgehead atoms. The summed E-state index contributed by atoms with van der Waals surface area (Å²) in [5.74, 6) is -0.583. The number of amides is 1. The molecule has 2 rings (SSSR count). The van der Waals surface area contributed by atoms with E-state index in [0.29, 0.717) is 12.3 Å². The van der Waals surface area contributed by atoms with Gasteiger partial charge in [-0.05, 0) is 38.5 Å². The molecule has 114 valence electrons. The number of carbonyl (C=O) groups excluding carboxylic acids is 1. The van der Waals surface area contributed by atoms with Crippen molar-refractivity contribution in [1.82, 2.24) is 4.90 Å². The van der Waals surface area contributed by atoms with Crippen molar-refractivity contribution in [2.24, 2.45) is 17.8 Å². The van der Waals surface area contributed by atoms with Crippen molar-refractivity contribution in [3.05, 3.63) is 0 Å². The van der Waals surface area contributed by atoms with Crippen LogP contribution in [0.4, 0.5) is 0 Å². The number of hydrogen-bond donors (Lipinski definition) is 1. The lowest BCUT2D eigenvalue weighted by Crippen LogP contribution is -2.57. The maximum atomic E-state index is 12.4. The summed E-state index contributed by atoms with van der Waals surface area (Å²) in [6.45, 7) is 5.90. The Labute approximate surface area is 121 Å². The van der Waals surface area contributed by atoms with E-state index < -0.39 is 11.9 Å². The fraction of sp³-hybridized carbons (Fsp3) is 0.875. The molecule has 1 saturated carbocycles. The highest BCUT2D eigenvalue weighted by molar-refractivity contribution is 5.82. The molecule has 2 fully saturated rings. The molecule has 2 aliphatic rings. The average molecular weight is 281 g/mol. The molecule has 0 radical (unpaired) electrons. The molecule has 1 heterocycles. The van der Waals surface area contributed by atoms with Crippen molar-refractivity contribution in [3.8, 4) is 0 Å². The monoisotopic (exact) mass is 281 g/mol. The Hall–Kier alpha value is -1.06. The van der Waals surface area contributed by atoms with Gasteiger partial charge in [0.15, 0.2) is 0 Å². The Morgan fingerprint density at radius 1 is 1.25 bits per heavy atom. The van der Waals surface area contributed by atoms with Crippen LogP contribution in [0.2, 0.25) is 0 Å². The van der Waals surface area contributed by atoms with Crippen molar-refractivity contribution < 1.29 is 14.7 Å². The van der Waals surface area contributed by atoms with Crippen LogP contribution < -0.4 is 0 Å². The van der Waals surface area contributed by atoms with Gasteiger partial charge in [-0.1, -0.05) is 26.2 Å². The zero-order valence-corrected chi connectivity index (χ0v) is 12.8. The van der Waals surface area contributed by atoms with Crippen LogP contribution in [0.1, 0.15) is 59.3 Å². The summed E-state index contributed by atoms with van der Waals surface area (Å²) >= 11 is 0. The molecular weight excluding hydrogens is 254 g/mol. The minimum absolute atomic E-state index is 0.0650. The van der Waals surface area contributed by atoms with E-state index in [4.69, 9.17) is 0 Å². The van der Waals surface area contributed by atoms with Gasteiger partial charge in [-0.3, -0.25) is 9.59 Å². The molecule has 1 aliphatic carbocycles. The van der Waals surface area contributed by atoms with E-state index in [2.05, 4.69) is 6.92 Å². The van der Waals surface area contributed by atoms with E-state index in [-0.39, 0.29) is 23.9 Å². The summed E-state index contributed by atoms with van der Waals surface area (Å²) in [6.07, 6.45) is 6.49. The van der Waals surface area contributed by atoms with Crippen LogP contribution >= 0.6 is 0 Å². The standard InChI is InChI=1S/C16H27NO3/c1-10-9-14(18)17(12(3)15(10)16(19)20)11(2)13-7-5-4-6-8-13/h10-13,15H,4-9H2,1-3H3,(H,19,20). The number of carbonyl (C=O) groups is 2. The number of carboxylic acid groups (broad SMARTS) is 1. The van der Waals surface area contributed by atoms with Gasteiger partial charge in [0.1, 0.15) is 0 Å². The van der Waals surface area contributed by atoms with E-state index in [0.717, 1.165) is 0 Å². The molecule has 1 saturated heterocycles. The number of rotatable bonds is 3. The molecule has 4 heteroatoms. The van der Waals surface area contributed by atoms with Crippen LogP contribution in [-0.4, -0.2) is 34.0 Å². The Morgan fingerprint density at radius 2 is 1.85 bits per heavy atom. The summed E-state index contributed by atoms with van der Waals surface area (Å²) < 4.78 is 0. The number of likely N-dealkylation sites (tertiary alicyclic amines) is 1. The second-order valence-corrected chi connectivity index (χ2v) is 6.73. The Kier molecular flexibility index (Phi) is 4.71. The third-order valence-electron chi connectivity index (χ3n) is 5.41. The molecule has 1 N–H and O–H groups in total. The number of nitrogens with zero attached hydrogens (tertiary/aromatic N) is 1. The second-order valence-electron chi connectivity index (χ2n) is 6.73. The van der Waals surface area contributed by atoms with Gasteiger partial charge < -0.3 is 10.0 Å². The van der Waals surface area contributed by atoms with Crippen LogP contribution in [-0.2, 0) is 9.59 Å². The molecular formula is C16H27NO3. The fourth-order valence-electron chi connectivity index (χ4n) is 4.27. The number of piperidine rings is 1. The minimum atomic E-state index is -0.765. The van der Waals surface area contributed by atoms with Crippen LogP contribution in [0.15, 0.2) is 0 Å². The van der Waals surface area contributed by atoms with Gasteiger partial charge in [0.05, 0.1) is 5.92 Å². The zero-order chi connectivity index (χ0) is 14.9. The van der Waals surface area contributed by atoms with Gasteiger partial charge in [0.2, 0.25) is 5.91 Å². The van der Waals surface area contributed by atoms with Crippen LogP contribution in [0.25, 0.3) is 0 Å². The van der Waals surface area contributed by atoms with Gasteiger partial charge in [-0.15, -0.1) is 0 Å². The molecule has 0 aromatic carbocycles. The predicted octanol–water partition coefficient (Wildman–Crippen LogP) is 2.91. The first-order valence-corrected chi connectivity index (χ1v) is 7.97. The molecule has 0 aromatic rings. The lowest BCUT2D eigenvalue weighted by molar-refractivity contribution is -0.157. The molecule has 4 unspecified atom stereocenters. The van der Waals surface area contributed by atoms with Crippen LogP contribution in [0.3, 0.4) is 0 Å². The first-order chi connectivity index (χ1) is 9.43. The van der Waals surface area contributed by atoms with Crippen molar-refractivity contribution in [3.63, 3.8) is 0 Å². The topological polar surface area (TPSA) is 57.6 Å².